The molecule has 0 spiro atoms. The molecule has 0 saturated heterocycles. The molecule has 1 fully saturated rings. The van der Waals surface area contributed by atoms with Crippen LogP contribution in [0, 0.1) is 5.92 Å². The molecule has 0 heterocycles. The third kappa shape index (κ3) is 5.19. The van der Waals surface area contributed by atoms with Crippen molar-refractivity contribution in [2.75, 3.05) is 18.6 Å². The number of anilines is 1. The Hall–Kier alpha value is -1.63. The smallest absolute Gasteiger partial charge is 0.469 e. The van der Waals surface area contributed by atoms with E-state index in [-0.39, 0.29) is 29.6 Å². The largest absolute Gasteiger partial charge is 0.573 e. The first-order chi connectivity index (χ1) is 12.3. The van der Waals surface area contributed by atoms with Gasteiger partial charge in [-0.15, -0.1) is 24.8 Å². The molecule has 146 valence electrons. The zero-order chi connectivity index (χ0) is 19.3. The number of nitrogens with zero attached hydrogens (tertiary/aromatic N) is 1. The molecular weight excluding hydrogens is 371 g/mol. The topological polar surface area (TPSA) is 38.8 Å². The van der Waals surface area contributed by atoms with Gasteiger partial charge in [0, 0.05) is 24.2 Å². The van der Waals surface area contributed by atoms with Gasteiger partial charge in [0.15, 0.2) is 0 Å². The lowest BCUT2D eigenvalue weighted by molar-refractivity contribution is -0.274. The van der Waals surface area contributed by atoms with Crippen molar-refractivity contribution in [3.05, 3.63) is 23.8 Å². The van der Waals surface area contributed by atoms with E-state index in [1.807, 2.05) is 6.92 Å². The summed E-state index contributed by atoms with van der Waals surface area (Å²) in [5.74, 6) is -0.452. The number of methoxy groups -OCH3 is 1. The van der Waals surface area contributed by atoms with Crippen molar-refractivity contribution in [1.29, 1.82) is 0 Å². The number of carbonyl (C=O) groups is 1. The highest BCUT2D eigenvalue weighted by atomic mass is 35.5. The molecule has 4 nitrogen and oxygen atoms in total. The quantitative estimate of drug-likeness (QED) is 0.510. The second-order valence-corrected chi connectivity index (χ2v) is 6.55. The van der Waals surface area contributed by atoms with Crippen LogP contribution in [0.1, 0.15) is 38.2 Å². The minimum atomic E-state index is -4.73. The van der Waals surface area contributed by atoms with Gasteiger partial charge in [-0.2, -0.15) is 0 Å². The van der Waals surface area contributed by atoms with Crippen molar-refractivity contribution in [1.82, 2.24) is 0 Å². The van der Waals surface area contributed by atoms with Gasteiger partial charge in [0.05, 0.1) is 13.0 Å². The molecule has 26 heavy (non-hydrogen) atoms. The number of esters is 1. The number of carbonyl (C=O) groups excluding carboxylic acids is 1. The Balaban J connectivity index is 2.15. The lowest BCUT2D eigenvalue weighted by Gasteiger charge is -2.38. The molecule has 0 atom stereocenters. The van der Waals surface area contributed by atoms with E-state index in [0.29, 0.717) is 12.1 Å². The summed E-state index contributed by atoms with van der Waals surface area (Å²) >= 11 is 5.97. The van der Waals surface area contributed by atoms with Gasteiger partial charge in [0.1, 0.15) is 5.75 Å². The fraction of sp³-hybridized carbons (Fsp3) is 0.611. The Morgan fingerprint density at radius 3 is 2.42 bits per heavy atom. The predicted octanol–water partition coefficient (Wildman–Crippen LogP) is 4.88. The number of hydrogen-bond acceptors (Lipinski definition) is 4. The molecule has 0 aromatic heterocycles. The van der Waals surface area contributed by atoms with Gasteiger partial charge in [0.25, 0.3) is 0 Å². The van der Waals surface area contributed by atoms with Crippen LogP contribution in [0.15, 0.2) is 18.2 Å². The van der Waals surface area contributed by atoms with Gasteiger partial charge in [0.2, 0.25) is 0 Å². The van der Waals surface area contributed by atoms with Crippen LogP contribution in [0.3, 0.4) is 0 Å². The van der Waals surface area contributed by atoms with Gasteiger partial charge in [-0.05, 0) is 56.4 Å². The minimum Gasteiger partial charge on any atom is -0.469 e. The Morgan fingerprint density at radius 2 is 1.92 bits per heavy atom. The van der Waals surface area contributed by atoms with E-state index in [1.54, 1.807) is 6.07 Å². The summed E-state index contributed by atoms with van der Waals surface area (Å²) in [6.07, 6.45) is -1.63. The van der Waals surface area contributed by atoms with Gasteiger partial charge in [-0.25, -0.2) is 0 Å². The first kappa shape index (κ1) is 20.7. The van der Waals surface area contributed by atoms with E-state index in [2.05, 4.69) is 9.64 Å². The van der Waals surface area contributed by atoms with E-state index < -0.39 is 6.36 Å². The second-order valence-electron chi connectivity index (χ2n) is 6.29. The van der Waals surface area contributed by atoms with Crippen LogP contribution in [0.4, 0.5) is 18.9 Å². The number of alkyl halides is 4. The fourth-order valence-corrected chi connectivity index (χ4v) is 3.78. The maximum absolute atomic E-state index is 12.4. The molecule has 1 aromatic rings. The van der Waals surface area contributed by atoms with E-state index in [9.17, 15) is 18.0 Å². The van der Waals surface area contributed by atoms with Crippen molar-refractivity contribution in [3.63, 3.8) is 0 Å². The number of hydrogen-bond donors (Lipinski definition) is 0. The summed E-state index contributed by atoms with van der Waals surface area (Å²) in [5, 5.41) is 0. The van der Waals surface area contributed by atoms with Crippen molar-refractivity contribution < 1.29 is 27.4 Å². The van der Waals surface area contributed by atoms with Gasteiger partial charge in [-0.1, -0.05) is 0 Å². The molecule has 0 N–H and O–H groups in total. The lowest BCUT2D eigenvalue weighted by Crippen LogP contribution is -2.39. The first-order valence-corrected chi connectivity index (χ1v) is 9.11. The van der Waals surface area contributed by atoms with Gasteiger partial charge in [-0.3, -0.25) is 4.79 Å². The summed E-state index contributed by atoms with van der Waals surface area (Å²) in [5.41, 5.74) is 1.39. The average Bonchev–Trinajstić information content (AvgIpc) is 2.61. The van der Waals surface area contributed by atoms with Crippen LogP contribution >= 0.6 is 11.6 Å². The third-order valence-corrected chi connectivity index (χ3v) is 5.04. The van der Waals surface area contributed by atoms with Crippen LogP contribution in [-0.4, -0.2) is 32.0 Å². The van der Waals surface area contributed by atoms with E-state index in [4.69, 9.17) is 16.3 Å². The average molecular weight is 394 g/mol. The van der Waals surface area contributed by atoms with Crippen LogP contribution < -0.4 is 9.64 Å². The zero-order valence-corrected chi connectivity index (χ0v) is 15.6. The van der Waals surface area contributed by atoms with Crippen LogP contribution in [-0.2, 0) is 15.4 Å². The molecular formula is C18H23ClF3NO3. The SMILES string of the molecule is CCN(c1ccc(OC(F)(F)F)cc1CCl)C1CCC(C(=O)OC)CC1. The highest BCUT2D eigenvalue weighted by Gasteiger charge is 2.32. The number of halogens is 4. The van der Waals surface area contributed by atoms with E-state index in [0.717, 1.165) is 31.4 Å². The minimum absolute atomic E-state index is 0.0787. The monoisotopic (exact) mass is 393 g/mol. The summed E-state index contributed by atoms with van der Waals surface area (Å²) in [6, 6.07) is 4.46. The molecule has 1 saturated carbocycles. The molecule has 8 heteroatoms. The standard InChI is InChI=1S/C18H23ClF3NO3/c1-3-23(14-6-4-12(5-7-14)17(24)25-2)16-9-8-15(10-13(16)11-19)26-18(20,21)22/h8-10,12,14H,3-7,11H2,1-2H3. The Bertz CT molecular complexity index is 616. The first-order valence-electron chi connectivity index (χ1n) is 8.58. The molecule has 0 amide bonds. The summed E-state index contributed by atoms with van der Waals surface area (Å²) in [4.78, 5) is 13.8. The van der Waals surface area contributed by atoms with Gasteiger partial charge >= 0.3 is 12.3 Å². The maximum Gasteiger partial charge on any atom is 0.573 e. The number of ether oxygens (including phenoxy) is 2. The summed E-state index contributed by atoms with van der Waals surface area (Å²) in [7, 11) is 1.39. The van der Waals surface area contributed by atoms with Crippen LogP contribution in [0.2, 0.25) is 0 Å². The highest BCUT2D eigenvalue weighted by molar-refractivity contribution is 6.17. The molecule has 1 aliphatic carbocycles. The highest BCUT2D eigenvalue weighted by Crippen LogP contribution is 2.35. The lowest BCUT2D eigenvalue weighted by atomic mass is 9.85. The predicted molar refractivity (Wildman–Crippen MR) is 93.5 cm³/mol. The number of rotatable bonds is 6. The Labute approximate surface area is 156 Å². The number of benzene rings is 1. The fourth-order valence-electron chi connectivity index (χ4n) is 3.56. The van der Waals surface area contributed by atoms with E-state index in [1.165, 1.54) is 19.2 Å². The van der Waals surface area contributed by atoms with Crippen molar-refractivity contribution in [2.24, 2.45) is 5.92 Å². The Kier molecular flexibility index (Phi) is 7.03. The molecule has 0 bridgehead atoms. The maximum atomic E-state index is 12.4. The molecule has 0 unspecified atom stereocenters. The van der Waals surface area contributed by atoms with Crippen LogP contribution in [0.5, 0.6) is 5.75 Å². The molecule has 2 rings (SSSR count). The van der Waals surface area contributed by atoms with Crippen molar-refractivity contribution in [3.8, 4) is 5.75 Å². The molecule has 1 aromatic carbocycles. The van der Waals surface area contributed by atoms with Crippen molar-refractivity contribution >= 4 is 23.3 Å². The molecule has 1 aliphatic rings. The third-order valence-electron chi connectivity index (χ3n) is 4.75. The van der Waals surface area contributed by atoms with Crippen molar-refractivity contribution in [2.45, 2.75) is 50.9 Å². The molecule has 0 aliphatic heterocycles. The normalized spacial score (nSPS) is 20.5. The van der Waals surface area contributed by atoms with Crippen LogP contribution in [0.25, 0.3) is 0 Å². The molecule has 0 radical (unpaired) electrons. The van der Waals surface area contributed by atoms with E-state index >= 15 is 0 Å². The Morgan fingerprint density at radius 1 is 1.27 bits per heavy atom. The van der Waals surface area contributed by atoms with Gasteiger partial charge < -0.3 is 14.4 Å². The zero-order valence-electron chi connectivity index (χ0n) is 14.8. The second kappa shape index (κ2) is 8.84. The summed E-state index contributed by atoms with van der Waals surface area (Å²) in [6.45, 7) is 2.68. The summed E-state index contributed by atoms with van der Waals surface area (Å²) < 4.78 is 46.1.